The summed E-state index contributed by atoms with van der Waals surface area (Å²) in [4.78, 5) is 4.06. The van der Waals surface area contributed by atoms with Gasteiger partial charge in [0.2, 0.25) is 16.0 Å². The number of anilines is 1. The number of aryl methyl sites for hydroxylation is 1. The third-order valence-corrected chi connectivity index (χ3v) is 3.39. The van der Waals surface area contributed by atoms with Crippen LogP contribution in [0.3, 0.4) is 0 Å². The molecule has 0 amide bonds. The highest BCUT2D eigenvalue weighted by Crippen LogP contribution is 2.19. The smallest absolute Gasteiger partial charge is 0.208 e. The van der Waals surface area contributed by atoms with E-state index >= 15 is 0 Å². The summed E-state index contributed by atoms with van der Waals surface area (Å²) in [6.07, 6.45) is 1.68. The highest BCUT2D eigenvalue weighted by molar-refractivity contribution is 7.88. The number of nitrogen functional groups attached to an aromatic ring is 1. The maximum absolute atomic E-state index is 13.0. The molecule has 0 fully saturated rings. The molecule has 1 aromatic heterocycles. The first kappa shape index (κ1) is 13.8. The molecule has 0 unspecified atom stereocenters. The van der Waals surface area contributed by atoms with Crippen LogP contribution in [0.5, 0.6) is 0 Å². The van der Waals surface area contributed by atoms with E-state index in [4.69, 9.17) is 5.73 Å². The van der Waals surface area contributed by atoms with Crippen molar-refractivity contribution in [3.63, 3.8) is 0 Å². The molecule has 0 saturated heterocycles. The Morgan fingerprint density at radius 3 is 2.89 bits per heavy atom. The molecule has 19 heavy (non-hydrogen) atoms. The van der Waals surface area contributed by atoms with Crippen LogP contribution in [0.2, 0.25) is 0 Å². The first-order chi connectivity index (χ1) is 8.87. The predicted octanol–water partition coefficient (Wildman–Crippen LogP) is 0.697. The molecule has 0 radical (unpaired) electrons. The Hall–Kier alpha value is -1.67. The molecule has 2 rings (SSSR count). The van der Waals surface area contributed by atoms with Crippen molar-refractivity contribution in [3.8, 4) is 0 Å². The van der Waals surface area contributed by atoms with Gasteiger partial charge in [0.25, 0.3) is 0 Å². The van der Waals surface area contributed by atoms with Crippen LogP contribution < -0.4 is 10.5 Å². The molecular weight excluding hydrogens is 271 g/mol. The summed E-state index contributed by atoms with van der Waals surface area (Å²) in [7, 11) is -3.18. The third kappa shape index (κ3) is 3.42. The van der Waals surface area contributed by atoms with Gasteiger partial charge >= 0.3 is 0 Å². The highest BCUT2D eigenvalue weighted by atomic mass is 32.2. The van der Waals surface area contributed by atoms with Gasteiger partial charge in [0, 0.05) is 19.2 Å². The number of aromatic nitrogens is 2. The fraction of sp³-hybridized carbons (Fsp3) is 0.364. The van der Waals surface area contributed by atoms with Crippen LogP contribution in [0.25, 0.3) is 11.0 Å². The second kappa shape index (κ2) is 5.14. The molecule has 8 heteroatoms. The number of nitrogens with one attached hydrogen (secondary N) is 1. The average molecular weight is 286 g/mol. The van der Waals surface area contributed by atoms with Gasteiger partial charge in [-0.2, -0.15) is 0 Å². The van der Waals surface area contributed by atoms with Crippen molar-refractivity contribution in [1.82, 2.24) is 14.3 Å². The number of benzene rings is 1. The third-order valence-electron chi connectivity index (χ3n) is 2.66. The van der Waals surface area contributed by atoms with Crippen LogP contribution in [-0.4, -0.2) is 30.8 Å². The lowest BCUT2D eigenvalue weighted by atomic mass is 10.3. The highest BCUT2D eigenvalue weighted by Gasteiger charge is 2.08. The van der Waals surface area contributed by atoms with E-state index in [-0.39, 0.29) is 5.82 Å². The molecule has 6 nitrogen and oxygen atoms in total. The number of sulfonamides is 1. The lowest BCUT2D eigenvalue weighted by Crippen LogP contribution is -2.24. The molecular formula is C11H15FN4O2S. The van der Waals surface area contributed by atoms with E-state index < -0.39 is 10.0 Å². The minimum Gasteiger partial charge on any atom is -0.369 e. The maximum Gasteiger partial charge on any atom is 0.208 e. The zero-order valence-corrected chi connectivity index (χ0v) is 11.2. The van der Waals surface area contributed by atoms with Crippen molar-refractivity contribution in [1.29, 1.82) is 0 Å². The Balaban J connectivity index is 2.10. The number of halogens is 1. The number of nitrogens with two attached hydrogens (primary N) is 1. The van der Waals surface area contributed by atoms with Gasteiger partial charge in [-0.1, -0.05) is 0 Å². The van der Waals surface area contributed by atoms with Crippen LogP contribution in [0.15, 0.2) is 18.2 Å². The van der Waals surface area contributed by atoms with E-state index in [0.29, 0.717) is 31.0 Å². The van der Waals surface area contributed by atoms with E-state index in [2.05, 4.69) is 9.71 Å². The standard InChI is InChI=1S/C11H15FN4O2S/c1-19(17,18)14-5-2-6-16-10-4-3-8(12)7-9(10)15-11(16)13/h3-4,7,14H,2,5-6H2,1H3,(H2,13,15). The van der Waals surface area contributed by atoms with Crippen molar-refractivity contribution in [2.24, 2.45) is 0 Å². The van der Waals surface area contributed by atoms with Crippen LogP contribution in [0, 0.1) is 5.82 Å². The van der Waals surface area contributed by atoms with Crippen molar-refractivity contribution in [3.05, 3.63) is 24.0 Å². The molecule has 1 heterocycles. The van der Waals surface area contributed by atoms with E-state index in [9.17, 15) is 12.8 Å². The molecule has 0 saturated carbocycles. The summed E-state index contributed by atoms with van der Waals surface area (Å²) >= 11 is 0. The number of nitrogens with zero attached hydrogens (tertiary/aromatic N) is 2. The van der Waals surface area contributed by atoms with Gasteiger partial charge < -0.3 is 10.3 Å². The minimum atomic E-state index is -3.18. The summed E-state index contributed by atoms with van der Waals surface area (Å²) in [6, 6.07) is 4.27. The fourth-order valence-corrected chi connectivity index (χ4v) is 2.37. The molecule has 1 aromatic carbocycles. The first-order valence-corrected chi connectivity index (χ1v) is 7.62. The summed E-state index contributed by atoms with van der Waals surface area (Å²) in [5.41, 5.74) is 6.99. The molecule has 0 aliphatic carbocycles. The second-order valence-electron chi connectivity index (χ2n) is 4.27. The largest absolute Gasteiger partial charge is 0.369 e. The molecule has 104 valence electrons. The average Bonchev–Trinajstić information content (AvgIpc) is 2.58. The van der Waals surface area contributed by atoms with Crippen LogP contribution in [-0.2, 0) is 16.6 Å². The summed E-state index contributed by atoms with van der Waals surface area (Å²) < 4.78 is 39.0. The zero-order chi connectivity index (χ0) is 14.0. The minimum absolute atomic E-state index is 0.292. The number of hydrogen-bond acceptors (Lipinski definition) is 4. The number of imidazole rings is 1. The molecule has 0 aliphatic heterocycles. The Morgan fingerprint density at radius 1 is 1.47 bits per heavy atom. The predicted molar refractivity (Wildman–Crippen MR) is 71.6 cm³/mol. The molecule has 0 atom stereocenters. The summed E-state index contributed by atoms with van der Waals surface area (Å²) in [6.45, 7) is 0.829. The monoisotopic (exact) mass is 286 g/mol. The summed E-state index contributed by atoms with van der Waals surface area (Å²) in [5.74, 6) is -0.0733. The van der Waals surface area contributed by atoms with Crippen molar-refractivity contribution >= 4 is 27.0 Å². The first-order valence-electron chi connectivity index (χ1n) is 5.73. The van der Waals surface area contributed by atoms with Crippen LogP contribution >= 0.6 is 0 Å². The van der Waals surface area contributed by atoms with Gasteiger partial charge in [-0.25, -0.2) is 22.5 Å². The van der Waals surface area contributed by atoms with E-state index in [1.807, 2.05) is 0 Å². The molecule has 0 bridgehead atoms. The van der Waals surface area contributed by atoms with Crippen molar-refractivity contribution in [2.45, 2.75) is 13.0 Å². The van der Waals surface area contributed by atoms with E-state index in [1.165, 1.54) is 12.1 Å². The van der Waals surface area contributed by atoms with Gasteiger partial charge in [-0.15, -0.1) is 0 Å². The van der Waals surface area contributed by atoms with Gasteiger partial charge in [0.15, 0.2) is 0 Å². The van der Waals surface area contributed by atoms with Crippen molar-refractivity contribution < 1.29 is 12.8 Å². The van der Waals surface area contributed by atoms with Crippen LogP contribution in [0.1, 0.15) is 6.42 Å². The Labute approximate surface area is 110 Å². The van der Waals surface area contributed by atoms with Gasteiger partial charge in [-0.05, 0) is 18.6 Å². The van der Waals surface area contributed by atoms with Gasteiger partial charge in [-0.3, -0.25) is 0 Å². The quantitative estimate of drug-likeness (QED) is 0.792. The lowest BCUT2D eigenvalue weighted by Gasteiger charge is -2.06. The molecule has 0 spiro atoms. The number of hydrogen-bond donors (Lipinski definition) is 2. The van der Waals surface area contributed by atoms with E-state index in [1.54, 1.807) is 10.6 Å². The molecule has 2 aromatic rings. The molecule has 0 aliphatic rings. The Kier molecular flexibility index (Phi) is 3.72. The second-order valence-corrected chi connectivity index (χ2v) is 6.11. The zero-order valence-electron chi connectivity index (χ0n) is 10.4. The maximum atomic E-state index is 13.0. The Morgan fingerprint density at radius 2 is 2.21 bits per heavy atom. The lowest BCUT2D eigenvalue weighted by molar-refractivity contribution is 0.578. The fourth-order valence-electron chi connectivity index (χ4n) is 1.85. The van der Waals surface area contributed by atoms with Gasteiger partial charge in [0.1, 0.15) is 5.82 Å². The van der Waals surface area contributed by atoms with Gasteiger partial charge in [0.05, 0.1) is 17.3 Å². The Bertz CT molecular complexity index is 696. The van der Waals surface area contributed by atoms with E-state index in [0.717, 1.165) is 11.8 Å². The normalized spacial score (nSPS) is 12.1. The summed E-state index contributed by atoms with van der Waals surface area (Å²) in [5, 5.41) is 0. The topological polar surface area (TPSA) is 90.0 Å². The SMILES string of the molecule is CS(=O)(=O)NCCCn1c(N)nc2cc(F)ccc21. The van der Waals surface area contributed by atoms with Crippen LogP contribution in [0.4, 0.5) is 10.3 Å². The molecule has 3 N–H and O–H groups in total. The number of rotatable bonds is 5. The number of fused-ring (bicyclic) bond motifs is 1. The van der Waals surface area contributed by atoms with Crippen molar-refractivity contribution in [2.75, 3.05) is 18.5 Å².